The summed E-state index contributed by atoms with van der Waals surface area (Å²) in [4.78, 5) is 15.6. The van der Waals surface area contributed by atoms with Gasteiger partial charge in [0.2, 0.25) is 0 Å². The van der Waals surface area contributed by atoms with Gasteiger partial charge in [0.25, 0.3) is 5.91 Å². The average molecular weight is 264 g/mol. The van der Waals surface area contributed by atoms with Crippen LogP contribution in [-0.2, 0) is 9.47 Å². The minimum Gasteiger partial charge on any atom is -0.379 e. The van der Waals surface area contributed by atoms with Gasteiger partial charge in [0.15, 0.2) is 0 Å². The van der Waals surface area contributed by atoms with Gasteiger partial charge < -0.3 is 14.8 Å². The molecule has 2 heterocycles. The van der Waals surface area contributed by atoms with E-state index in [1.807, 2.05) is 0 Å². The SMILES string of the molecule is O=C(NCCCOC[C@H]1CCCO1)c1cccnc1. The maximum absolute atomic E-state index is 11.7. The zero-order valence-electron chi connectivity index (χ0n) is 11.0. The number of ether oxygens (including phenoxy) is 2. The summed E-state index contributed by atoms with van der Waals surface area (Å²) >= 11 is 0. The molecule has 19 heavy (non-hydrogen) atoms. The van der Waals surface area contributed by atoms with Crippen LogP contribution in [0.3, 0.4) is 0 Å². The van der Waals surface area contributed by atoms with Gasteiger partial charge in [-0.1, -0.05) is 0 Å². The number of nitrogens with zero attached hydrogens (tertiary/aromatic N) is 1. The summed E-state index contributed by atoms with van der Waals surface area (Å²) in [6.45, 7) is 2.78. The monoisotopic (exact) mass is 264 g/mol. The fraction of sp³-hybridized carbons (Fsp3) is 0.571. The van der Waals surface area contributed by atoms with E-state index in [1.165, 1.54) is 0 Å². The standard InChI is InChI=1S/C14H20N2O3/c17-14(12-4-1-6-15-10-12)16-7-3-8-18-11-13-5-2-9-19-13/h1,4,6,10,13H,2-3,5,7-9,11H2,(H,16,17)/t13-/m1/s1. The van der Waals surface area contributed by atoms with E-state index in [1.54, 1.807) is 24.5 Å². The molecule has 0 bridgehead atoms. The summed E-state index contributed by atoms with van der Waals surface area (Å²) in [5, 5.41) is 2.84. The van der Waals surface area contributed by atoms with E-state index in [2.05, 4.69) is 10.3 Å². The van der Waals surface area contributed by atoms with Crippen LogP contribution in [0, 0.1) is 0 Å². The summed E-state index contributed by atoms with van der Waals surface area (Å²) in [5.41, 5.74) is 0.586. The second-order valence-corrected chi connectivity index (χ2v) is 4.56. The van der Waals surface area contributed by atoms with Crippen molar-refractivity contribution in [2.75, 3.05) is 26.4 Å². The van der Waals surface area contributed by atoms with Crippen molar-refractivity contribution in [1.82, 2.24) is 10.3 Å². The lowest BCUT2D eigenvalue weighted by Gasteiger charge is -2.10. The Labute approximate surface area is 113 Å². The zero-order valence-corrected chi connectivity index (χ0v) is 11.0. The minimum atomic E-state index is -0.0905. The minimum absolute atomic E-state index is 0.0905. The molecule has 1 aromatic heterocycles. The molecule has 1 saturated heterocycles. The number of carbonyl (C=O) groups is 1. The Hall–Kier alpha value is -1.46. The molecule has 104 valence electrons. The van der Waals surface area contributed by atoms with Gasteiger partial charge in [0, 0.05) is 32.2 Å². The Kier molecular flexibility index (Phi) is 5.78. The van der Waals surface area contributed by atoms with Crippen molar-refractivity contribution in [3.05, 3.63) is 30.1 Å². The number of nitrogens with one attached hydrogen (secondary N) is 1. The summed E-state index contributed by atoms with van der Waals surface area (Å²) < 4.78 is 11.0. The third kappa shape index (κ3) is 4.96. The molecule has 1 aromatic rings. The van der Waals surface area contributed by atoms with Crippen LogP contribution in [0.2, 0.25) is 0 Å². The van der Waals surface area contributed by atoms with Crippen molar-refractivity contribution >= 4 is 5.91 Å². The first kappa shape index (κ1) is 14.0. The largest absolute Gasteiger partial charge is 0.379 e. The van der Waals surface area contributed by atoms with Crippen molar-refractivity contribution < 1.29 is 14.3 Å². The first-order chi connectivity index (χ1) is 9.36. The molecule has 1 atom stereocenters. The van der Waals surface area contributed by atoms with Gasteiger partial charge in [-0.2, -0.15) is 0 Å². The number of pyridine rings is 1. The highest BCUT2D eigenvalue weighted by molar-refractivity contribution is 5.93. The van der Waals surface area contributed by atoms with Crippen molar-refractivity contribution in [2.24, 2.45) is 0 Å². The Morgan fingerprint density at radius 2 is 2.53 bits per heavy atom. The highest BCUT2D eigenvalue weighted by atomic mass is 16.5. The molecule has 1 amide bonds. The van der Waals surface area contributed by atoms with E-state index in [0.717, 1.165) is 25.9 Å². The molecule has 1 aliphatic heterocycles. The molecule has 5 heteroatoms. The lowest BCUT2D eigenvalue weighted by molar-refractivity contribution is 0.0166. The second-order valence-electron chi connectivity index (χ2n) is 4.56. The Balaban J connectivity index is 1.51. The van der Waals surface area contributed by atoms with Crippen LogP contribution >= 0.6 is 0 Å². The van der Waals surface area contributed by atoms with Crippen LogP contribution in [-0.4, -0.2) is 43.4 Å². The van der Waals surface area contributed by atoms with Crippen molar-refractivity contribution in [1.29, 1.82) is 0 Å². The molecule has 0 saturated carbocycles. The lowest BCUT2D eigenvalue weighted by Crippen LogP contribution is -2.25. The topological polar surface area (TPSA) is 60.5 Å². The van der Waals surface area contributed by atoms with Gasteiger partial charge in [-0.25, -0.2) is 0 Å². The fourth-order valence-corrected chi connectivity index (χ4v) is 1.97. The summed E-state index contributed by atoms with van der Waals surface area (Å²) in [7, 11) is 0. The quantitative estimate of drug-likeness (QED) is 0.756. The lowest BCUT2D eigenvalue weighted by atomic mass is 10.2. The number of carbonyl (C=O) groups excluding carboxylic acids is 1. The van der Waals surface area contributed by atoms with E-state index in [9.17, 15) is 4.79 Å². The number of amides is 1. The molecular weight excluding hydrogens is 244 g/mol. The van der Waals surface area contributed by atoms with E-state index in [0.29, 0.717) is 25.3 Å². The third-order valence-corrected chi connectivity index (χ3v) is 3.00. The second kappa shape index (κ2) is 7.86. The molecule has 0 spiro atoms. The number of rotatable bonds is 7. The van der Waals surface area contributed by atoms with Gasteiger partial charge in [-0.3, -0.25) is 9.78 Å². The highest BCUT2D eigenvalue weighted by Gasteiger charge is 2.14. The molecule has 0 radical (unpaired) electrons. The van der Waals surface area contributed by atoms with Crippen LogP contribution in [0.1, 0.15) is 29.6 Å². The van der Waals surface area contributed by atoms with Crippen LogP contribution < -0.4 is 5.32 Å². The van der Waals surface area contributed by atoms with E-state index < -0.39 is 0 Å². The first-order valence-corrected chi connectivity index (χ1v) is 6.74. The van der Waals surface area contributed by atoms with Gasteiger partial charge in [0.1, 0.15) is 0 Å². The maximum atomic E-state index is 11.7. The van der Waals surface area contributed by atoms with E-state index in [-0.39, 0.29) is 12.0 Å². The van der Waals surface area contributed by atoms with Crippen molar-refractivity contribution in [3.63, 3.8) is 0 Å². The maximum Gasteiger partial charge on any atom is 0.252 e. The van der Waals surface area contributed by atoms with Crippen molar-refractivity contribution in [3.8, 4) is 0 Å². The highest BCUT2D eigenvalue weighted by Crippen LogP contribution is 2.11. The Morgan fingerprint density at radius 3 is 3.26 bits per heavy atom. The number of aromatic nitrogens is 1. The van der Waals surface area contributed by atoms with Gasteiger partial charge in [0.05, 0.1) is 18.3 Å². The average Bonchev–Trinajstić information content (AvgIpc) is 2.96. The Morgan fingerprint density at radius 1 is 1.58 bits per heavy atom. The van der Waals surface area contributed by atoms with Gasteiger partial charge in [-0.15, -0.1) is 0 Å². The predicted molar refractivity (Wildman–Crippen MR) is 71.0 cm³/mol. The molecule has 0 unspecified atom stereocenters. The summed E-state index contributed by atoms with van der Waals surface area (Å²) in [6.07, 6.45) is 6.51. The molecule has 1 aliphatic rings. The smallest absolute Gasteiger partial charge is 0.252 e. The van der Waals surface area contributed by atoms with E-state index >= 15 is 0 Å². The molecule has 1 fully saturated rings. The van der Waals surface area contributed by atoms with Crippen LogP contribution in [0.25, 0.3) is 0 Å². The zero-order chi connectivity index (χ0) is 13.3. The van der Waals surface area contributed by atoms with Crippen LogP contribution in [0.5, 0.6) is 0 Å². The molecule has 5 nitrogen and oxygen atoms in total. The molecule has 2 rings (SSSR count). The van der Waals surface area contributed by atoms with E-state index in [4.69, 9.17) is 9.47 Å². The molecule has 0 aromatic carbocycles. The normalized spacial score (nSPS) is 18.4. The Bertz CT molecular complexity index is 378. The molecule has 0 aliphatic carbocycles. The predicted octanol–water partition coefficient (Wildman–Crippen LogP) is 1.40. The third-order valence-electron chi connectivity index (χ3n) is 3.00. The first-order valence-electron chi connectivity index (χ1n) is 6.74. The summed E-state index contributed by atoms with van der Waals surface area (Å²) in [6, 6.07) is 3.50. The fourth-order valence-electron chi connectivity index (χ4n) is 1.97. The van der Waals surface area contributed by atoms with Crippen LogP contribution in [0.4, 0.5) is 0 Å². The van der Waals surface area contributed by atoms with Crippen LogP contribution in [0.15, 0.2) is 24.5 Å². The molecule has 1 N–H and O–H groups in total. The number of hydrogen-bond acceptors (Lipinski definition) is 4. The van der Waals surface area contributed by atoms with Gasteiger partial charge >= 0.3 is 0 Å². The summed E-state index contributed by atoms with van der Waals surface area (Å²) in [5.74, 6) is -0.0905. The van der Waals surface area contributed by atoms with Gasteiger partial charge in [-0.05, 0) is 31.4 Å². The number of hydrogen-bond donors (Lipinski definition) is 1. The van der Waals surface area contributed by atoms with Crippen molar-refractivity contribution in [2.45, 2.75) is 25.4 Å². The molecular formula is C14H20N2O3.